The van der Waals surface area contributed by atoms with Crippen molar-refractivity contribution in [1.82, 2.24) is 34.5 Å². The van der Waals surface area contributed by atoms with E-state index in [0.29, 0.717) is 105 Å². The molecule has 0 radical (unpaired) electrons. The SMILES string of the molecule is Cn1nc(C2CCC(=O)NC2=O)c2cccc(N3CCC(C(=O)N4CCN(c5ncc(Cl)c(Nc6ccc7c(c6)c6c(c(=O)n7C)OCC(F)(F)C(C7CC7)N6)n5)CC4)CC3)c21. The number of halogens is 3. The number of hydrogen-bond acceptors (Lipinski definition) is 12. The van der Waals surface area contributed by atoms with E-state index in [2.05, 4.69) is 31.9 Å². The van der Waals surface area contributed by atoms with E-state index in [-0.39, 0.29) is 52.4 Å². The molecule has 2 atom stereocenters. The van der Waals surface area contributed by atoms with Crippen LogP contribution in [0.1, 0.15) is 50.1 Å². The quantitative estimate of drug-likeness (QED) is 0.189. The van der Waals surface area contributed by atoms with Crippen molar-refractivity contribution in [1.29, 1.82) is 0 Å². The van der Waals surface area contributed by atoms with Crippen molar-refractivity contribution in [2.75, 3.05) is 66.3 Å². The Kier molecular flexibility index (Phi) is 9.95. The average Bonchev–Trinajstić information content (AvgIpc) is 4.07. The molecule has 7 heterocycles. The number of piperazine rings is 1. The standard InChI is InChI=1S/C43H46ClF2N11O5/c1-53-30-10-8-25(20-28(30)34-36(41(53)61)62-22-43(45,46)37(50-34)23-6-7-23)48-38-29(44)21-47-42(51-38)57-18-16-56(17-19-57)40(60)24-12-14-55(15-13-24)31-5-3-4-26-33(52-54(2)35(26)31)27-9-11-32(58)49-39(27)59/h3-5,8,10,20-21,23-24,27,37,50H,6-7,9,11-19,22H2,1-2H3,(H,47,48,51)(H,49,58,59). The first-order chi connectivity index (χ1) is 29.8. The smallest absolute Gasteiger partial charge is 0.301 e. The van der Waals surface area contributed by atoms with Gasteiger partial charge in [-0.1, -0.05) is 23.7 Å². The number of carbonyl (C=O) groups is 3. The van der Waals surface area contributed by atoms with E-state index in [1.807, 2.05) is 33.7 Å². The molecule has 5 aromatic rings. The fourth-order valence-corrected chi connectivity index (χ4v) is 9.72. The number of amides is 3. The van der Waals surface area contributed by atoms with E-state index < -0.39 is 30.0 Å². The Hall–Kier alpha value is -6.04. The van der Waals surface area contributed by atoms with Crippen LogP contribution in [-0.2, 0) is 28.5 Å². The van der Waals surface area contributed by atoms with Crippen LogP contribution >= 0.6 is 11.6 Å². The molecule has 2 unspecified atom stereocenters. The summed E-state index contributed by atoms with van der Waals surface area (Å²) in [6, 6.07) is 10.1. The van der Waals surface area contributed by atoms with Gasteiger partial charge in [0.1, 0.15) is 5.02 Å². The minimum absolute atomic E-state index is 0.109. The number of aryl methyl sites for hydroxylation is 2. The van der Waals surface area contributed by atoms with Gasteiger partial charge in [-0.25, -0.2) is 13.8 Å². The molecule has 1 aliphatic carbocycles. The number of fused-ring (bicyclic) bond motifs is 4. The molecule has 19 heteroatoms. The molecule has 16 nitrogen and oxygen atoms in total. The predicted octanol–water partition coefficient (Wildman–Crippen LogP) is 4.92. The molecule has 62 heavy (non-hydrogen) atoms. The van der Waals surface area contributed by atoms with Crippen LogP contribution in [0.15, 0.2) is 47.4 Å². The van der Waals surface area contributed by atoms with Gasteiger partial charge in [0.25, 0.3) is 5.56 Å². The number of alkyl halides is 2. The summed E-state index contributed by atoms with van der Waals surface area (Å²) in [5.41, 5.74) is 3.49. The monoisotopic (exact) mass is 869 g/mol. The summed E-state index contributed by atoms with van der Waals surface area (Å²) in [6.45, 7) is 2.59. The Morgan fingerprint density at radius 1 is 0.952 bits per heavy atom. The maximum absolute atomic E-state index is 15.2. The van der Waals surface area contributed by atoms with Crippen LogP contribution in [0.2, 0.25) is 5.02 Å². The third kappa shape index (κ3) is 7.10. The number of aromatic nitrogens is 5. The zero-order chi connectivity index (χ0) is 43.0. The first-order valence-corrected chi connectivity index (χ1v) is 21.5. The number of hydrogen-bond donors (Lipinski definition) is 3. The minimum atomic E-state index is -3.15. The second-order valence-electron chi connectivity index (χ2n) is 17.1. The highest BCUT2D eigenvalue weighted by atomic mass is 35.5. The Bertz CT molecular complexity index is 2710. The van der Waals surface area contributed by atoms with Crippen molar-refractivity contribution < 1.29 is 27.9 Å². The first-order valence-electron chi connectivity index (χ1n) is 21.2. The maximum Gasteiger partial charge on any atom is 0.301 e. The van der Waals surface area contributed by atoms with Crippen LogP contribution in [0.25, 0.3) is 21.8 Å². The van der Waals surface area contributed by atoms with Gasteiger partial charge < -0.3 is 34.6 Å². The lowest BCUT2D eigenvalue weighted by atomic mass is 9.92. The first kappa shape index (κ1) is 40.1. The third-order valence-electron chi connectivity index (χ3n) is 13.1. The summed E-state index contributed by atoms with van der Waals surface area (Å²) in [5.74, 6) is -3.72. The highest BCUT2D eigenvalue weighted by molar-refractivity contribution is 6.33. The van der Waals surface area contributed by atoms with Crippen LogP contribution in [0.4, 0.5) is 37.6 Å². The number of imide groups is 1. The molecule has 10 rings (SSSR count). The molecule has 3 saturated heterocycles. The van der Waals surface area contributed by atoms with Crippen molar-refractivity contribution >= 4 is 80.0 Å². The largest absolute Gasteiger partial charge is 0.480 e. The summed E-state index contributed by atoms with van der Waals surface area (Å²) in [5, 5.41) is 15.2. The van der Waals surface area contributed by atoms with E-state index in [9.17, 15) is 19.2 Å². The molecule has 0 spiro atoms. The number of ether oxygens (including phenoxy) is 1. The molecule has 3 N–H and O–H groups in total. The lowest BCUT2D eigenvalue weighted by Gasteiger charge is -2.39. The van der Waals surface area contributed by atoms with Gasteiger partial charge >= 0.3 is 5.92 Å². The molecule has 2 aromatic carbocycles. The molecule has 3 amide bonds. The molecule has 5 aliphatic rings. The molecule has 3 aromatic heterocycles. The number of rotatable bonds is 7. The summed E-state index contributed by atoms with van der Waals surface area (Å²) in [7, 11) is 3.46. The molecule has 4 fully saturated rings. The van der Waals surface area contributed by atoms with Crippen molar-refractivity contribution in [3.8, 4) is 5.75 Å². The van der Waals surface area contributed by atoms with Gasteiger partial charge in [0.2, 0.25) is 29.4 Å². The normalized spacial score (nSPS) is 21.9. The molecular weight excluding hydrogens is 824 g/mol. The molecule has 4 aliphatic heterocycles. The third-order valence-corrected chi connectivity index (χ3v) is 13.4. The summed E-state index contributed by atoms with van der Waals surface area (Å²) >= 11 is 6.61. The predicted molar refractivity (Wildman–Crippen MR) is 230 cm³/mol. The Morgan fingerprint density at radius 3 is 2.47 bits per heavy atom. The second-order valence-corrected chi connectivity index (χ2v) is 17.5. The van der Waals surface area contributed by atoms with Crippen molar-refractivity contribution in [2.24, 2.45) is 25.9 Å². The number of nitrogens with zero attached hydrogens (tertiary/aromatic N) is 8. The lowest BCUT2D eigenvalue weighted by molar-refractivity contribution is -0.137. The van der Waals surface area contributed by atoms with Gasteiger partial charge in [0.15, 0.2) is 12.4 Å². The van der Waals surface area contributed by atoms with Crippen LogP contribution in [0.5, 0.6) is 5.75 Å². The number of pyridine rings is 1. The van der Waals surface area contributed by atoms with Gasteiger partial charge in [-0.15, -0.1) is 0 Å². The van der Waals surface area contributed by atoms with Crippen LogP contribution in [0.3, 0.4) is 0 Å². The van der Waals surface area contributed by atoms with E-state index in [0.717, 1.165) is 16.6 Å². The Balaban J connectivity index is 0.791. The molecule has 0 bridgehead atoms. The van der Waals surface area contributed by atoms with Crippen LogP contribution in [0, 0.1) is 11.8 Å². The van der Waals surface area contributed by atoms with E-state index in [1.54, 1.807) is 25.2 Å². The Morgan fingerprint density at radius 2 is 1.73 bits per heavy atom. The van der Waals surface area contributed by atoms with Crippen molar-refractivity contribution in [2.45, 2.75) is 56.4 Å². The van der Waals surface area contributed by atoms with Crippen molar-refractivity contribution in [3.63, 3.8) is 0 Å². The van der Waals surface area contributed by atoms with Crippen LogP contribution < -0.4 is 36.0 Å². The number of piperidine rings is 2. The molecular formula is C43H46ClF2N11O5. The Labute approximate surface area is 359 Å². The summed E-state index contributed by atoms with van der Waals surface area (Å²) in [6.07, 6.45) is 5.00. The number of nitrogens with one attached hydrogen (secondary N) is 3. The maximum atomic E-state index is 15.2. The lowest BCUT2D eigenvalue weighted by Crippen LogP contribution is -2.52. The second kappa shape index (κ2) is 15.4. The highest BCUT2D eigenvalue weighted by Crippen LogP contribution is 2.46. The zero-order valence-corrected chi connectivity index (χ0v) is 35.1. The number of anilines is 5. The number of benzene rings is 2. The molecule has 324 valence electrons. The topological polar surface area (TPSA) is 172 Å². The average molecular weight is 870 g/mol. The highest BCUT2D eigenvalue weighted by Gasteiger charge is 2.51. The van der Waals surface area contributed by atoms with Crippen LogP contribution in [-0.4, -0.2) is 105 Å². The van der Waals surface area contributed by atoms with Gasteiger partial charge in [0, 0.05) is 82.2 Å². The van der Waals surface area contributed by atoms with E-state index in [1.165, 1.54) is 10.8 Å². The molecule has 1 saturated carbocycles. The van der Waals surface area contributed by atoms with E-state index in [4.69, 9.17) is 26.4 Å². The van der Waals surface area contributed by atoms with Gasteiger partial charge in [-0.3, -0.25) is 29.2 Å². The van der Waals surface area contributed by atoms with Crippen molar-refractivity contribution in [3.05, 3.63) is 63.7 Å². The minimum Gasteiger partial charge on any atom is -0.480 e. The van der Waals surface area contributed by atoms with Gasteiger partial charge in [-0.05, 0) is 62.3 Å². The zero-order valence-electron chi connectivity index (χ0n) is 34.3. The fraction of sp³-hybridized carbons (Fsp3) is 0.465. The van der Waals surface area contributed by atoms with Gasteiger partial charge in [-0.2, -0.15) is 10.1 Å². The summed E-state index contributed by atoms with van der Waals surface area (Å²) < 4.78 is 39.0. The number of para-hydroxylation sites is 1. The van der Waals surface area contributed by atoms with Gasteiger partial charge in [0.05, 0.1) is 46.3 Å². The summed E-state index contributed by atoms with van der Waals surface area (Å²) in [4.78, 5) is 67.1. The number of carbonyl (C=O) groups excluding carboxylic acids is 3. The fourth-order valence-electron chi connectivity index (χ4n) is 9.58. The van der Waals surface area contributed by atoms with E-state index >= 15 is 8.78 Å².